The van der Waals surface area contributed by atoms with E-state index in [1.165, 1.54) is 24.1 Å². The maximum atomic E-state index is 13.8. The number of methoxy groups -OCH3 is 1. The highest BCUT2D eigenvalue weighted by Crippen LogP contribution is 2.26. The molecule has 1 atom stereocenters. The number of ether oxygens (including phenoxy) is 1. The number of benzene rings is 2. The van der Waals surface area contributed by atoms with Gasteiger partial charge in [-0.25, -0.2) is 9.18 Å². The molecule has 0 saturated carbocycles. The second-order valence-corrected chi connectivity index (χ2v) is 8.14. The normalized spacial score (nSPS) is 11.7. The molecule has 34 heavy (non-hydrogen) atoms. The van der Waals surface area contributed by atoms with Crippen molar-refractivity contribution >= 4 is 17.7 Å². The van der Waals surface area contributed by atoms with Gasteiger partial charge in [0.1, 0.15) is 11.5 Å². The summed E-state index contributed by atoms with van der Waals surface area (Å²) in [6.07, 6.45) is 0. The van der Waals surface area contributed by atoms with Crippen LogP contribution < -0.4 is 0 Å². The van der Waals surface area contributed by atoms with E-state index < -0.39 is 12.0 Å². The van der Waals surface area contributed by atoms with E-state index in [1.807, 2.05) is 13.0 Å². The summed E-state index contributed by atoms with van der Waals surface area (Å²) in [6, 6.07) is 13.7. The summed E-state index contributed by atoms with van der Waals surface area (Å²) in [6.45, 7) is 7.67. The van der Waals surface area contributed by atoms with Crippen LogP contribution >= 0.6 is 0 Å². The lowest BCUT2D eigenvalue weighted by molar-refractivity contribution is 0.0586. The van der Waals surface area contributed by atoms with Crippen LogP contribution in [0.25, 0.3) is 0 Å². The van der Waals surface area contributed by atoms with E-state index in [1.54, 1.807) is 61.7 Å². The van der Waals surface area contributed by atoms with E-state index in [4.69, 9.17) is 4.74 Å². The molecule has 1 unspecified atom stereocenters. The molecule has 0 bridgehead atoms. The van der Waals surface area contributed by atoms with Crippen molar-refractivity contribution in [2.75, 3.05) is 7.11 Å². The van der Waals surface area contributed by atoms with Crippen molar-refractivity contribution in [2.24, 2.45) is 0 Å². The zero-order chi connectivity index (χ0) is 25.0. The minimum absolute atomic E-state index is 0.122. The SMILES string of the molecule is CCn1c(C)c(C(=O)C(C)N(Cc2ccc(F)cc2)C(=O)c2ccccc2)c(C)c1C(=O)OC. The van der Waals surface area contributed by atoms with Gasteiger partial charge < -0.3 is 14.2 Å². The van der Waals surface area contributed by atoms with Gasteiger partial charge in [-0.2, -0.15) is 0 Å². The number of nitrogens with zero attached hydrogens (tertiary/aromatic N) is 2. The molecule has 0 fully saturated rings. The van der Waals surface area contributed by atoms with Crippen molar-refractivity contribution in [3.63, 3.8) is 0 Å². The molecule has 0 saturated heterocycles. The van der Waals surface area contributed by atoms with E-state index in [0.29, 0.717) is 40.2 Å². The molecule has 0 aliphatic carbocycles. The van der Waals surface area contributed by atoms with Gasteiger partial charge >= 0.3 is 5.97 Å². The molecule has 1 amide bonds. The second kappa shape index (κ2) is 10.5. The van der Waals surface area contributed by atoms with Gasteiger partial charge in [-0.15, -0.1) is 0 Å². The van der Waals surface area contributed by atoms with Gasteiger partial charge in [0.15, 0.2) is 5.78 Å². The first-order chi connectivity index (χ1) is 16.2. The number of hydrogen-bond acceptors (Lipinski definition) is 4. The largest absolute Gasteiger partial charge is 0.464 e. The van der Waals surface area contributed by atoms with E-state index in [-0.39, 0.29) is 24.1 Å². The number of halogens is 1. The predicted octanol–water partition coefficient (Wildman–Crippen LogP) is 4.96. The topological polar surface area (TPSA) is 68.6 Å². The third-order valence-corrected chi connectivity index (χ3v) is 6.10. The van der Waals surface area contributed by atoms with Gasteiger partial charge in [0.05, 0.1) is 13.2 Å². The lowest BCUT2D eigenvalue weighted by Gasteiger charge is -2.29. The molecule has 2 aromatic carbocycles. The van der Waals surface area contributed by atoms with Crippen LogP contribution in [0.3, 0.4) is 0 Å². The van der Waals surface area contributed by atoms with Gasteiger partial charge in [-0.1, -0.05) is 30.3 Å². The Morgan fingerprint density at radius 3 is 2.21 bits per heavy atom. The minimum atomic E-state index is -0.839. The molecule has 0 aliphatic heterocycles. The molecule has 7 heteroatoms. The molecule has 3 aromatic rings. The summed E-state index contributed by atoms with van der Waals surface area (Å²) in [5, 5.41) is 0. The van der Waals surface area contributed by atoms with Crippen molar-refractivity contribution in [3.05, 3.63) is 94.1 Å². The van der Waals surface area contributed by atoms with Crippen molar-refractivity contribution in [2.45, 2.75) is 46.8 Å². The number of ketones is 1. The zero-order valence-corrected chi connectivity index (χ0v) is 20.1. The molecule has 3 rings (SSSR count). The van der Waals surface area contributed by atoms with Crippen molar-refractivity contribution in [3.8, 4) is 0 Å². The number of esters is 1. The Bertz CT molecular complexity index is 1200. The molecule has 0 radical (unpaired) electrons. The Morgan fingerprint density at radius 1 is 1.03 bits per heavy atom. The average Bonchev–Trinajstić information content (AvgIpc) is 3.11. The van der Waals surface area contributed by atoms with Crippen LogP contribution in [0.15, 0.2) is 54.6 Å². The molecule has 1 aromatic heterocycles. The molecule has 178 valence electrons. The lowest BCUT2D eigenvalue weighted by Crippen LogP contribution is -2.43. The Balaban J connectivity index is 2.05. The standard InChI is InChI=1S/C27H29FN2O4/c1-6-29-18(3)23(17(2)24(29)27(33)34-5)25(31)19(4)30(16-20-12-14-22(28)15-13-20)26(32)21-10-8-7-9-11-21/h7-15,19H,6,16H2,1-5H3. The number of carbonyl (C=O) groups excluding carboxylic acids is 3. The predicted molar refractivity (Wildman–Crippen MR) is 127 cm³/mol. The van der Waals surface area contributed by atoms with Crippen LogP contribution in [-0.4, -0.2) is 40.3 Å². The van der Waals surface area contributed by atoms with Crippen LogP contribution in [0.5, 0.6) is 0 Å². The van der Waals surface area contributed by atoms with Gasteiger partial charge in [0.25, 0.3) is 5.91 Å². The van der Waals surface area contributed by atoms with Crippen LogP contribution in [-0.2, 0) is 17.8 Å². The third kappa shape index (κ3) is 4.78. The van der Waals surface area contributed by atoms with Crippen LogP contribution in [0.1, 0.15) is 61.9 Å². The summed E-state index contributed by atoms with van der Waals surface area (Å²) in [4.78, 5) is 41.1. The summed E-state index contributed by atoms with van der Waals surface area (Å²) in [7, 11) is 1.30. The summed E-state index contributed by atoms with van der Waals surface area (Å²) < 4.78 is 20.1. The highest BCUT2D eigenvalue weighted by Gasteiger charge is 2.33. The van der Waals surface area contributed by atoms with Crippen molar-refractivity contribution < 1.29 is 23.5 Å². The molecular formula is C27H29FN2O4. The fourth-order valence-electron chi connectivity index (χ4n) is 4.28. The Kier molecular flexibility index (Phi) is 7.66. The van der Waals surface area contributed by atoms with Crippen LogP contribution in [0.4, 0.5) is 4.39 Å². The molecule has 0 N–H and O–H groups in total. The number of amides is 1. The molecular weight excluding hydrogens is 435 g/mol. The smallest absolute Gasteiger partial charge is 0.354 e. The molecule has 1 heterocycles. The average molecular weight is 465 g/mol. The van der Waals surface area contributed by atoms with Gasteiger partial charge in [0.2, 0.25) is 0 Å². The van der Waals surface area contributed by atoms with E-state index in [2.05, 4.69) is 0 Å². The molecule has 0 spiro atoms. The van der Waals surface area contributed by atoms with Gasteiger partial charge in [-0.3, -0.25) is 9.59 Å². The van der Waals surface area contributed by atoms with Gasteiger partial charge in [-0.05, 0) is 63.1 Å². The quantitative estimate of drug-likeness (QED) is 0.349. The van der Waals surface area contributed by atoms with Crippen molar-refractivity contribution in [1.82, 2.24) is 9.47 Å². The maximum absolute atomic E-state index is 13.8. The van der Waals surface area contributed by atoms with Crippen LogP contribution in [0.2, 0.25) is 0 Å². The first kappa shape index (κ1) is 24.9. The zero-order valence-electron chi connectivity index (χ0n) is 20.1. The monoisotopic (exact) mass is 464 g/mol. The summed E-state index contributed by atoms with van der Waals surface area (Å²) >= 11 is 0. The van der Waals surface area contributed by atoms with Gasteiger partial charge in [0, 0.05) is 29.9 Å². The maximum Gasteiger partial charge on any atom is 0.354 e. The first-order valence-corrected chi connectivity index (χ1v) is 11.1. The Hall–Kier alpha value is -3.74. The number of hydrogen-bond donors (Lipinski definition) is 0. The summed E-state index contributed by atoms with van der Waals surface area (Å²) in [5.41, 5.74) is 3.04. The highest BCUT2D eigenvalue weighted by molar-refractivity contribution is 6.07. The van der Waals surface area contributed by atoms with E-state index in [0.717, 1.165) is 0 Å². The first-order valence-electron chi connectivity index (χ1n) is 11.1. The number of rotatable bonds is 8. The van der Waals surface area contributed by atoms with Crippen molar-refractivity contribution in [1.29, 1.82) is 0 Å². The Labute approximate surface area is 199 Å². The number of Topliss-reactive ketones (excluding diaryl/α,β-unsaturated/α-hetero) is 1. The van der Waals surface area contributed by atoms with E-state index in [9.17, 15) is 18.8 Å². The minimum Gasteiger partial charge on any atom is -0.464 e. The second-order valence-electron chi connectivity index (χ2n) is 8.14. The third-order valence-electron chi connectivity index (χ3n) is 6.10. The number of aromatic nitrogens is 1. The molecule has 6 nitrogen and oxygen atoms in total. The number of carbonyl (C=O) groups is 3. The summed E-state index contributed by atoms with van der Waals surface area (Å²) in [5.74, 6) is -1.49. The van der Waals surface area contributed by atoms with E-state index >= 15 is 0 Å². The molecule has 0 aliphatic rings. The lowest BCUT2D eigenvalue weighted by atomic mass is 9.98. The fraction of sp³-hybridized carbons (Fsp3) is 0.296. The Morgan fingerprint density at radius 2 is 1.65 bits per heavy atom. The highest BCUT2D eigenvalue weighted by atomic mass is 19.1. The fourth-order valence-corrected chi connectivity index (χ4v) is 4.28. The van der Waals surface area contributed by atoms with Crippen LogP contribution in [0, 0.1) is 19.7 Å².